The fourth-order valence-corrected chi connectivity index (χ4v) is 2.91. The van der Waals surface area contributed by atoms with Crippen LogP contribution in [-0.2, 0) is 20.1 Å². The lowest BCUT2D eigenvalue weighted by Crippen LogP contribution is -2.39. The summed E-state index contributed by atoms with van der Waals surface area (Å²) in [6.45, 7) is 4.27. The highest BCUT2D eigenvalue weighted by molar-refractivity contribution is 5.77. The summed E-state index contributed by atoms with van der Waals surface area (Å²) in [7, 11) is 1.72. The maximum Gasteiger partial charge on any atom is 0.332 e. The fraction of sp³-hybridized carbons (Fsp3) is 0.278. The van der Waals surface area contributed by atoms with Crippen molar-refractivity contribution in [1.82, 2.24) is 18.7 Å². The van der Waals surface area contributed by atoms with Crippen LogP contribution in [0.4, 0.5) is 0 Å². The molecule has 0 aliphatic carbocycles. The Morgan fingerprint density at radius 2 is 1.73 bits per heavy atom. The van der Waals surface area contributed by atoms with Crippen LogP contribution in [0.25, 0.3) is 23.3 Å². The maximum atomic E-state index is 12.6. The van der Waals surface area contributed by atoms with E-state index in [-0.39, 0.29) is 29.3 Å². The normalized spacial score (nSPS) is 11.7. The predicted molar refractivity (Wildman–Crippen MR) is 99.3 cm³/mol. The van der Waals surface area contributed by atoms with Gasteiger partial charge in [0.2, 0.25) is 0 Å². The first-order chi connectivity index (χ1) is 12.4. The number of aromatic hydroxyl groups is 2. The molecule has 0 fully saturated rings. The van der Waals surface area contributed by atoms with Gasteiger partial charge >= 0.3 is 5.69 Å². The Bertz CT molecular complexity index is 1130. The number of hydrogen-bond acceptors (Lipinski definition) is 5. The van der Waals surface area contributed by atoms with Crippen LogP contribution in [0.5, 0.6) is 11.5 Å². The van der Waals surface area contributed by atoms with Crippen molar-refractivity contribution in [3.05, 3.63) is 50.4 Å². The van der Waals surface area contributed by atoms with E-state index in [2.05, 4.69) is 4.98 Å². The van der Waals surface area contributed by atoms with Crippen molar-refractivity contribution in [3.63, 3.8) is 0 Å². The van der Waals surface area contributed by atoms with Crippen LogP contribution in [-0.4, -0.2) is 28.9 Å². The van der Waals surface area contributed by atoms with Gasteiger partial charge in [-0.3, -0.25) is 13.9 Å². The monoisotopic (exact) mass is 356 g/mol. The number of nitrogens with zero attached hydrogens (tertiary/aromatic N) is 4. The van der Waals surface area contributed by atoms with Crippen molar-refractivity contribution in [2.24, 2.45) is 7.05 Å². The SMILES string of the molecule is CCn1c(=O)c2c(nc(C=Cc3ccc(O)c(O)c3)n2C)n(CC)c1=O. The zero-order valence-corrected chi connectivity index (χ0v) is 14.8. The van der Waals surface area contributed by atoms with Gasteiger partial charge in [0.05, 0.1) is 0 Å². The van der Waals surface area contributed by atoms with Gasteiger partial charge in [0.15, 0.2) is 22.7 Å². The molecule has 136 valence electrons. The second-order valence-electron chi connectivity index (χ2n) is 5.86. The lowest BCUT2D eigenvalue weighted by molar-refractivity contribution is 0.403. The molecular formula is C18H20N4O4. The molecule has 2 aromatic heterocycles. The van der Waals surface area contributed by atoms with E-state index in [1.54, 1.807) is 36.8 Å². The molecule has 0 bridgehead atoms. The molecule has 0 saturated heterocycles. The van der Waals surface area contributed by atoms with Gasteiger partial charge in [-0.05, 0) is 37.6 Å². The molecule has 0 atom stereocenters. The molecule has 0 aliphatic rings. The minimum Gasteiger partial charge on any atom is -0.504 e. The molecule has 0 spiro atoms. The van der Waals surface area contributed by atoms with E-state index in [9.17, 15) is 19.8 Å². The molecule has 0 radical (unpaired) electrons. The Morgan fingerprint density at radius 3 is 2.35 bits per heavy atom. The molecule has 0 amide bonds. The summed E-state index contributed by atoms with van der Waals surface area (Å²) in [4.78, 5) is 29.5. The largest absolute Gasteiger partial charge is 0.504 e. The van der Waals surface area contributed by atoms with Crippen LogP contribution in [0, 0.1) is 0 Å². The number of rotatable bonds is 4. The summed E-state index contributed by atoms with van der Waals surface area (Å²) in [5, 5.41) is 18.9. The molecule has 2 N–H and O–H groups in total. The molecule has 0 saturated carbocycles. The Hall–Kier alpha value is -3.29. The van der Waals surface area contributed by atoms with Gasteiger partial charge in [0, 0.05) is 20.1 Å². The van der Waals surface area contributed by atoms with Gasteiger partial charge in [-0.2, -0.15) is 0 Å². The van der Waals surface area contributed by atoms with Gasteiger partial charge in [0.1, 0.15) is 5.82 Å². The molecule has 0 aliphatic heterocycles. The highest BCUT2D eigenvalue weighted by atomic mass is 16.3. The number of hydrogen-bond donors (Lipinski definition) is 2. The van der Waals surface area contributed by atoms with E-state index in [1.807, 2.05) is 6.92 Å². The smallest absolute Gasteiger partial charge is 0.332 e. The van der Waals surface area contributed by atoms with Crippen LogP contribution in [0.2, 0.25) is 0 Å². The minimum atomic E-state index is -0.371. The molecule has 3 aromatic rings. The first-order valence-corrected chi connectivity index (χ1v) is 8.29. The first kappa shape index (κ1) is 17.5. The Morgan fingerprint density at radius 1 is 1.04 bits per heavy atom. The molecular weight excluding hydrogens is 336 g/mol. The van der Waals surface area contributed by atoms with E-state index in [0.29, 0.717) is 29.1 Å². The number of fused-ring (bicyclic) bond motifs is 1. The average molecular weight is 356 g/mol. The average Bonchev–Trinajstić information content (AvgIpc) is 2.93. The zero-order chi connectivity index (χ0) is 19.0. The number of aromatic nitrogens is 4. The molecule has 1 aromatic carbocycles. The van der Waals surface area contributed by atoms with Crippen molar-refractivity contribution in [1.29, 1.82) is 0 Å². The van der Waals surface area contributed by atoms with Crippen molar-refractivity contribution in [3.8, 4) is 11.5 Å². The molecule has 26 heavy (non-hydrogen) atoms. The highest BCUT2D eigenvalue weighted by Crippen LogP contribution is 2.25. The van der Waals surface area contributed by atoms with Crippen LogP contribution in [0.3, 0.4) is 0 Å². The van der Waals surface area contributed by atoms with Gasteiger partial charge in [-0.1, -0.05) is 12.1 Å². The van der Waals surface area contributed by atoms with Gasteiger partial charge in [-0.25, -0.2) is 9.78 Å². The second-order valence-corrected chi connectivity index (χ2v) is 5.86. The summed E-state index contributed by atoms with van der Waals surface area (Å²) in [5.74, 6) is 0.0832. The third-order valence-electron chi connectivity index (χ3n) is 4.33. The lowest BCUT2D eigenvalue weighted by Gasteiger charge is -2.08. The van der Waals surface area contributed by atoms with Gasteiger partial charge in [-0.15, -0.1) is 0 Å². The predicted octanol–water partition coefficient (Wildman–Crippen LogP) is 1.52. The van der Waals surface area contributed by atoms with Gasteiger partial charge < -0.3 is 14.8 Å². The number of benzene rings is 1. The van der Waals surface area contributed by atoms with E-state index in [4.69, 9.17) is 0 Å². The van der Waals surface area contributed by atoms with Crippen LogP contribution in [0.1, 0.15) is 25.2 Å². The number of imidazole rings is 1. The van der Waals surface area contributed by atoms with E-state index in [1.165, 1.54) is 21.3 Å². The summed E-state index contributed by atoms with van der Waals surface area (Å²) < 4.78 is 4.31. The second kappa shape index (κ2) is 6.55. The summed E-state index contributed by atoms with van der Waals surface area (Å²) >= 11 is 0. The number of phenolic OH excluding ortho intramolecular Hbond substituents is 2. The summed E-state index contributed by atoms with van der Waals surface area (Å²) in [5.41, 5.74) is 0.634. The van der Waals surface area contributed by atoms with Crippen molar-refractivity contribution in [2.45, 2.75) is 26.9 Å². The third-order valence-corrected chi connectivity index (χ3v) is 4.33. The van der Waals surface area contributed by atoms with Gasteiger partial charge in [0.25, 0.3) is 5.56 Å². The lowest BCUT2D eigenvalue weighted by atomic mass is 10.2. The third kappa shape index (κ3) is 2.69. The molecule has 8 nitrogen and oxygen atoms in total. The standard InChI is InChI=1S/C18H20N4O4/c1-4-21-16-15(17(25)22(5-2)18(21)26)20(3)14(19-16)9-7-11-6-8-12(23)13(24)10-11/h6-10,23-24H,4-5H2,1-3H3. The Balaban J connectivity index is 2.19. The van der Waals surface area contributed by atoms with Crippen molar-refractivity contribution in [2.75, 3.05) is 0 Å². The fourth-order valence-electron chi connectivity index (χ4n) is 2.91. The minimum absolute atomic E-state index is 0.197. The van der Waals surface area contributed by atoms with Crippen LogP contribution >= 0.6 is 0 Å². The molecule has 2 heterocycles. The van der Waals surface area contributed by atoms with E-state index < -0.39 is 0 Å². The Labute approximate surface area is 148 Å². The maximum absolute atomic E-state index is 12.6. The van der Waals surface area contributed by atoms with Crippen molar-refractivity contribution >= 4 is 23.3 Å². The number of phenols is 2. The quantitative estimate of drug-likeness (QED) is 0.690. The first-order valence-electron chi connectivity index (χ1n) is 8.29. The topological polar surface area (TPSA) is 102 Å². The van der Waals surface area contributed by atoms with E-state index in [0.717, 1.165) is 0 Å². The zero-order valence-electron chi connectivity index (χ0n) is 14.8. The summed E-state index contributed by atoms with van der Waals surface area (Å²) in [6, 6.07) is 4.44. The summed E-state index contributed by atoms with van der Waals surface area (Å²) in [6.07, 6.45) is 3.39. The van der Waals surface area contributed by atoms with Crippen LogP contribution in [0.15, 0.2) is 27.8 Å². The number of aryl methyl sites for hydroxylation is 2. The molecule has 3 rings (SSSR count). The molecule has 8 heteroatoms. The highest BCUT2D eigenvalue weighted by Gasteiger charge is 2.17. The van der Waals surface area contributed by atoms with E-state index >= 15 is 0 Å². The van der Waals surface area contributed by atoms with Crippen LogP contribution < -0.4 is 11.2 Å². The molecule has 0 unspecified atom stereocenters. The van der Waals surface area contributed by atoms with Crippen molar-refractivity contribution < 1.29 is 10.2 Å². The Kier molecular flexibility index (Phi) is 4.41.